The SMILES string of the molecule is CCN(C(=O)c1c(Cl)cccc1S(=O)(=O)Cl)C(C)C. The van der Waals surface area contributed by atoms with E-state index in [1.807, 2.05) is 20.8 Å². The molecule has 1 rings (SSSR count). The molecule has 0 saturated heterocycles. The summed E-state index contributed by atoms with van der Waals surface area (Å²) in [5.74, 6) is -0.442. The Balaban J connectivity index is 3.46. The molecular weight excluding hydrogens is 309 g/mol. The summed E-state index contributed by atoms with van der Waals surface area (Å²) in [6, 6.07) is 4.11. The first-order valence-corrected chi connectivity index (χ1v) is 8.43. The van der Waals surface area contributed by atoms with Crippen LogP contribution in [0.5, 0.6) is 0 Å². The Morgan fingerprint density at radius 2 is 1.95 bits per heavy atom. The van der Waals surface area contributed by atoms with Crippen molar-refractivity contribution in [2.24, 2.45) is 0 Å². The Labute approximate surface area is 122 Å². The standard InChI is InChI=1S/C12H15Cl2NO3S/c1-4-15(8(2)3)12(16)11-9(13)6-5-7-10(11)19(14,17)18/h5-8H,4H2,1-3H3. The summed E-state index contributed by atoms with van der Waals surface area (Å²) in [6.07, 6.45) is 0. The first-order valence-electron chi connectivity index (χ1n) is 5.74. The summed E-state index contributed by atoms with van der Waals surface area (Å²) >= 11 is 5.97. The van der Waals surface area contributed by atoms with E-state index in [0.717, 1.165) is 0 Å². The zero-order valence-corrected chi connectivity index (χ0v) is 13.2. The van der Waals surface area contributed by atoms with Crippen LogP contribution in [0, 0.1) is 0 Å². The lowest BCUT2D eigenvalue weighted by Crippen LogP contribution is -2.37. The lowest BCUT2D eigenvalue weighted by Gasteiger charge is -2.26. The Kier molecular flexibility index (Phi) is 5.24. The molecule has 1 amide bonds. The van der Waals surface area contributed by atoms with E-state index in [1.165, 1.54) is 23.1 Å². The molecule has 0 fully saturated rings. The molecule has 0 aromatic heterocycles. The third-order valence-corrected chi connectivity index (χ3v) is 4.36. The molecular formula is C12H15Cl2NO3S. The van der Waals surface area contributed by atoms with Crippen molar-refractivity contribution in [3.8, 4) is 0 Å². The highest BCUT2D eigenvalue weighted by molar-refractivity contribution is 8.13. The van der Waals surface area contributed by atoms with Crippen LogP contribution in [0.2, 0.25) is 5.02 Å². The van der Waals surface area contributed by atoms with Gasteiger partial charge in [0.15, 0.2) is 0 Å². The molecule has 0 aliphatic rings. The summed E-state index contributed by atoms with van der Waals surface area (Å²) < 4.78 is 23.1. The molecule has 1 aromatic rings. The van der Waals surface area contributed by atoms with Crippen LogP contribution in [0.25, 0.3) is 0 Å². The second kappa shape index (κ2) is 6.11. The number of halogens is 2. The van der Waals surface area contributed by atoms with Gasteiger partial charge in [-0.05, 0) is 32.9 Å². The van der Waals surface area contributed by atoms with E-state index in [4.69, 9.17) is 22.3 Å². The molecule has 0 heterocycles. The van der Waals surface area contributed by atoms with Gasteiger partial charge in [0.05, 0.1) is 15.5 Å². The number of hydrogen-bond acceptors (Lipinski definition) is 3. The fourth-order valence-electron chi connectivity index (χ4n) is 1.80. The van der Waals surface area contributed by atoms with Gasteiger partial charge in [-0.1, -0.05) is 17.7 Å². The highest BCUT2D eigenvalue weighted by atomic mass is 35.7. The molecule has 0 atom stereocenters. The van der Waals surface area contributed by atoms with Crippen molar-refractivity contribution in [3.63, 3.8) is 0 Å². The third-order valence-electron chi connectivity index (χ3n) is 2.68. The van der Waals surface area contributed by atoms with Crippen molar-refractivity contribution in [2.75, 3.05) is 6.54 Å². The van der Waals surface area contributed by atoms with Gasteiger partial charge in [0.1, 0.15) is 0 Å². The number of hydrogen-bond donors (Lipinski definition) is 0. The minimum absolute atomic E-state index is 0.0698. The average Bonchev–Trinajstić information content (AvgIpc) is 2.27. The number of nitrogens with zero attached hydrogens (tertiary/aromatic N) is 1. The molecule has 0 radical (unpaired) electrons. The van der Waals surface area contributed by atoms with Gasteiger partial charge in [0.2, 0.25) is 0 Å². The summed E-state index contributed by atoms with van der Waals surface area (Å²) in [5, 5.41) is 0.0748. The van der Waals surface area contributed by atoms with E-state index in [9.17, 15) is 13.2 Å². The van der Waals surface area contributed by atoms with Crippen molar-refractivity contribution in [2.45, 2.75) is 31.7 Å². The number of rotatable bonds is 4. The van der Waals surface area contributed by atoms with Crippen molar-refractivity contribution in [3.05, 3.63) is 28.8 Å². The Bertz CT molecular complexity index is 585. The predicted molar refractivity (Wildman–Crippen MR) is 76.3 cm³/mol. The summed E-state index contributed by atoms with van der Waals surface area (Å²) in [4.78, 5) is 13.7. The van der Waals surface area contributed by atoms with Gasteiger partial charge in [-0.3, -0.25) is 4.79 Å². The first kappa shape index (κ1) is 16.3. The van der Waals surface area contributed by atoms with Crippen LogP contribution < -0.4 is 0 Å². The fraction of sp³-hybridized carbons (Fsp3) is 0.417. The van der Waals surface area contributed by atoms with E-state index in [2.05, 4.69) is 0 Å². The molecule has 106 valence electrons. The third kappa shape index (κ3) is 3.61. The van der Waals surface area contributed by atoms with Crippen LogP contribution in [-0.2, 0) is 9.05 Å². The van der Waals surface area contributed by atoms with Gasteiger partial charge < -0.3 is 4.90 Å². The van der Waals surface area contributed by atoms with Crippen LogP contribution in [-0.4, -0.2) is 31.8 Å². The van der Waals surface area contributed by atoms with Gasteiger partial charge in [-0.15, -0.1) is 0 Å². The lowest BCUT2D eigenvalue weighted by atomic mass is 10.1. The molecule has 0 N–H and O–H groups in total. The predicted octanol–water partition coefficient (Wildman–Crippen LogP) is 3.14. The van der Waals surface area contributed by atoms with E-state index in [0.29, 0.717) is 6.54 Å². The summed E-state index contributed by atoms with van der Waals surface area (Å²) in [7, 11) is 1.32. The Morgan fingerprint density at radius 1 is 1.37 bits per heavy atom. The number of carbonyl (C=O) groups excluding carboxylic acids is 1. The van der Waals surface area contributed by atoms with Gasteiger partial charge in [0, 0.05) is 23.3 Å². The second-order valence-electron chi connectivity index (χ2n) is 4.24. The molecule has 0 bridgehead atoms. The van der Waals surface area contributed by atoms with Crippen molar-refractivity contribution >= 4 is 37.2 Å². The van der Waals surface area contributed by atoms with Crippen LogP contribution in [0.1, 0.15) is 31.1 Å². The van der Waals surface area contributed by atoms with Crippen LogP contribution >= 0.6 is 22.3 Å². The van der Waals surface area contributed by atoms with E-state index in [-0.39, 0.29) is 21.5 Å². The Hall–Kier alpha value is -0.780. The van der Waals surface area contributed by atoms with Gasteiger partial charge >= 0.3 is 0 Å². The highest BCUT2D eigenvalue weighted by Crippen LogP contribution is 2.28. The number of carbonyl (C=O) groups is 1. The zero-order chi connectivity index (χ0) is 14.8. The number of amides is 1. The topological polar surface area (TPSA) is 54.5 Å². The van der Waals surface area contributed by atoms with Gasteiger partial charge in [-0.25, -0.2) is 8.42 Å². The molecule has 19 heavy (non-hydrogen) atoms. The quantitative estimate of drug-likeness (QED) is 0.800. The smallest absolute Gasteiger partial charge is 0.262 e. The highest BCUT2D eigenvalue weighted by Gasteiger charge is 2.27. The van der Waals surface area contributed by atoms with E-state index >= 15 is 0 Å². The minimum atomic E-state index is -4.03. The van der Waals surface area contributed by atoms with Gasteiger partial charge in [0.25, 0.3) is 15.0 Å². The number of benzene rings is 1. The van der Waals surface area contributed by atoms with E-state index < -0.39 is 15.0 Å². The van der Waals surface area contributed by atoms with Crippen LogP contribution in [0.3, 0.4) is 0 Å². The minimum Gasteiger partial charge on any atom is -0.336 e. The summed E-state index contributed by atoms with van der Waals surface area (Å²) in [5.41, 5.74) is -0.0743. The zero-order valence-electron chi connectivity index (χ0n) is 10.9. The van der Waals surface area contributed by atoms with E-state index in [1.54, 1.807) is 0 Å². The largest absolute Gasteiger partial charge is 0.336 e. The van der Waals surface area contributed by atoms with Crippen molar-refractivity contribution in [1.82, 2.24) is 4.90 Å². The summed E-state index contributed by atoms with van der Waals surface area (Å²) in [6.45, 7) is 5.94. The Morgan fingerprint density at radius 3 is 2.37 bits per heavy atom. The molecule has 0 spiro atoms. The van der Waals surface area contributed by atoms with Crippen LogP contribution in [0.15, 0.2) is 23.1 Å². The molecule has 0 aliphatic heterocycles. The monoisotopic (exact) mass is 323 g/mol. The maximum atomic E-state index is 12.4. The van der Waals surface area contributed by atoms with Crippen molar-refractivity contribution < 1.29 is 13.2 Å². The first-order chi connectivity index (χ1) is 8.70. The maximum absolute atomic E-state index is 12.4. The average molecular weight is 324 g/mol. The molecule has 1 aromatic carbocycles. The fourth-order valence-corrected chi connectivity index (χ4v) is 3.18. The molecule has 0 unspecified atom stereocenters. The molecule has 0 aliphatic carbocycles. The van der Waals surface area contributed by atoms with Crippen molar-refractivity contribution in [1.29, 1.82) is 0 Å². The molecule has 4 nitrogen and oxygen atoms in total. The van der Waals surface area contributed by atoms with Crippen LogP contribution in [0.4, 0.5) is 0 Å². The van der Waals surface area contributed by atoms with Gasteiger partial charge in [-0.2, -0.15) is 0 Å². The normalized spacial score (nSPS) is 11.7. The molecule has 0 saturated carbocycles. The lowest BCUT2D eigenvalue weighted by molar-refractivity contribution is 0.0713. The second-order valence-corrected chi connectivity index (χ2v) is 7.18. The maximum Gasteiger partial charge on any atom is 0.262 e. The molecule has 7 heteroatoms.